The number of hydrogen-bond acceptors (Lipinski definition) is 6. The lowest BCUT2D eigenvalue weighted by Gasteiger charge is -2.15. The van der Waals surface area contributed by atoms with E-state index in [-0.39, 0.29) is 17.7 Å². The maximum Gasteiger partial charge on any atom is 0.316 e. The van der Waals surface area contributed by atoms with Gasteiger partial charge in [-0.05, 0) is 36.2 Å². The molecular weight excluding hydrogens is 422 g/mol. The molecule has 3 heterocycles. The van der Waals surface area contributed by atoms with Crippen LogP contribution in [0.5, 0.6) is 0 Å². The molecule has 5 rings (SSSR count). The number of H-pyrrole nitrogens is 1. The zero-order valence-electron chi connectivity index (χ0n) is 18.3. The third-order valence-electron chi connectivity index (χ3n) is 5.76. The van der Waals surface area contributed by atoms with Gasteiger partial charge in [0.2, 0.25) is 17.6 Å². The van der Waals surface area contributed by atoms with Gasteiger partial charge in [0.05, 0.1) is 17.0 Å². The summed E-state index contributed by atoms with van der Waals surface area (Å²) in [6.07, 6.45) is 0.295. The lowest BCUT2D eigenvalue weighted by molar-refractivity contribution is -0.117. The molecule has 168 valence electrons. The number of aromatic amines is 1. The Morgan fingerprint density at radius 1 is 1.12 bits per heavy atom. The number of aromatic nitrogens is 4. The van der Waals surface area contributed by atoms with Crippen LogP contribution in [-0.4, -0.2) is 32.1 Å². The van der Waals surface area contributed by atoms with Crippen molar-refractivity contribution in [1.82, 2.24) is 19.7 Å². The van der Waals surface area contributed by atoms with Crippen LogP contribution >= 0.6 is 0 Å². The van der Waals surface area contributed by atoms with Crippen LogP contribution in [0.4, 0.5) is 5.69 Å². The number of benzene rings is 2. The van der Waals surface area contributed by atoms with E-state index in [0.29, 0.717) is 47.8 Å². The van der Waals surface area contributed by atoms with Crippen molar-refractivity contribution in [2.45, 2.75) is 32.7 Å². The zero-order chi connectivity index (χ0) is 23.1. The summed E-state index contributed by atoms with van der Waals surface area (Å²) in [7, 11) is 0. The second kappa shape index (κ2) is 8.16. The monoisotopic (exact) mass is 445 g/mol. The van der Waals surface area contributed by atoms with Crippen LogP contribution in [0.3, 0.4) is 0 Å². The lowest BCUT2D eigenvalue weighted by atomic mass is 10.1. The Bertz CT molecular complexity index is 1450. The minimum absolute atomic E-state index is 0.0114. The number of fused-ring (bicyclic) bond motifs is 1. The summed E-state index contributed by atoms with van der Waals surface area (Å²) < 4.78 is 6.99. The number of carbonyl (C=O) groups is 1. The van der Waals surface area contributed by atoms with Gasteiger partial charge >= 0.3 is 11.1 Å². The van der Waals surface area contributed by atoms with Gasteiger partial charge in [-0.3, -0.25) is 14.4 Å². The van der Waals surface area contributed by atoms with Crippen LogP contribution in [0.2, 0.25) is 0 Å². The average molecular weight is 445 g/mol. The molecule has 1 aliphatic rings. The Morgan fingerprint density at radius 3 is 2.67 bits per heavy atom. The van der Waals surface area contributed by atoms with Crippen molar-refractivity contribution >= 4 is 22.6 Å². The molecule has 0 saturated carbocycles. The quantitative estimate of drug-likeness (QED) is 0.473. The number of anilines is 1. The molecule has 9 heteroatoms. The van der Waals surface area contributed by atoms with Crippen LogP contribution in [-0.2, 0) is 11.3 Å². The fourth-order valence-electron chi connectivity index (χ4n) is 4.21. The Labute approximate surface area is 188 Å². The molecule has 0 radical (unpaired) electrons. The van der Waals surface area contributed by atoms with Crippen LogP contribution in [0.1, 0.15) is 32.1 Å². The summed E-state index contributed by atoms with van der Waals surface area (Å²) in [4.78, 5) is 45.9. The summed E-state index contributed by atoms with van der Waals surface area (Å²) in [5, 5.41) is 4.09. The number of para-hydroxylation sites is 1. The molecule has 4 aromatic rings. The normalized spacial score (nSPS) is 16.3. The maximum absolute atomic E-state index is 12.5. The SMILES string of the molecule is CC(C)Cn1c(=O)c(=O)[nH]c2cc(-c3noc([C@H]4CC(=O)N(c5ccccc5)C4)n3)ccc21. The van der Waals surface area contributed by atoms with Crippen LogP contribution < -0.4 is 16.0 Å². The highest BCUT2D eigenvalue weighted by Gasteiger charge is 2.35. The Morgan fingerprint density at radius 2 is 1.91 bits per heavy atom. The number of rotatable bonds is 5. The van der Waals surface area contributed by atoms with Gasteiger partial charge in [-0.1, -0.05) is 37.2 Å². The van der Waals surface area contributed by atoms with Crippen LogP contribution in [0.15, 0.2) is 62.6 Å². The van der Waals surface area contributed by atoms with Crippen LogP contribution in [0.25, 0.3) is 22.4 Å². The minimum atomic E-state index is -0.667. The molecule has 1 saturated heterocycles. The highest BCUT2D eigenvalue weighted by molar-refractivity contribution is 5.96. The van der Waals surface area contributed by atoms with Gasteiger partial charge in [0.25, 0.3) is 0 Å². The third kappa shape index (κ3) is 3.86. The van der Waals surface area contributed by atoms with Crippen molar-refractivity contribution in [2.24, 2.45) is 5.92 Å². The smallest absolute Gasteiger partial charge is 0.316 e. The van der Waals surface area contributed by atoms with Crippen molar-refractivity contribution in [2.75, 3.05) is 11.4 Å². The van der Waals surface area contributed by atoms with Gasteiger partial charge in [-0.15, -0.1) is 0 Å². The van der Waals surface area contributed by atoms with E-state index in [4.69, 9.17) is 4.52 Å². The first-order chi connectivity index (χ1) is 15.9. The average Bonchev–Trinajstić information content (AvgIpc) is 3.44. The van der Waals surface area contributed by atoms with E-state index in [9.17, 15) is 14.4 Å². The van der Waals surface area contributed by atoms with E-state index in [1.54, 1.807) is 23.1 Å². The first-order valence-corrected chi connectivity index (χ1v) is 10.9. The number of nitrogens with zero attached hydrogens (tertiary/aromatic N) is 4. The maximum atomic E-state index is 12.5. The zero-order valence-corrected chi connectivity index (χ0v) is 18.3. The van der Waals surface area contributed by atoms with Crippen molar-refractivity contribution in [3.8, 4) is 11.4 Å². The first-order valence-electron chi connectivity index (χ1n) is 10.9. The fourth-order valence-corrected chi connectivity index (χ4v) is 4.21. The topological polar surface area (TPSA) is 114 Å². The standard InChI is InChI=1S/C24H23N5O4/c1-14(2)12-29-19-9-8-15(10-18(19)25-22(31)24(29)32)21-26-23(33-27-21)16-11-20(30)28(13-16)17-6-4-3-5-7-17/h3-10,14,16H,11-13H2,1-2H3,(H,25,31)/t16-/m0/s1. The molecule has 2 aromatic carbocycles. The molecule has 1 N–H and O–H groups in total. The lowest BCUT2D eigenvalue weighted by Crippen LogP contribution is -2.37. The molecule has 1 aliphatic heterocycles. The van der Waals surface area contributed by atoms with E-state index in [2.05, 4.69) is 15.1 Å². The van der Waals surface area contributed by atoms with Gasteiger partial charge in [0.15, 0.2) is 0 Å². The summed E-state index contributed by atoms with van der Waals surface area (Å²) in [6.45, 7) is 4.89. The Hall–Kier alpha value is -4.01. The van der Waals surface area contributed by atoms with Crippen molar-refractivity contribution in [3.63, 3.8) is 0 Å². The van der Waals surface area contributed by atoms with Gasteiger partial charge < -0.3 is 19.0 Å². The predicted octanol–water partition coefficient (Wildman–Crippen LogP) is 2.92. The Kier molecular flexibility index (Phi) is 5.16. The van der Waals surface area contributed by atoms with Gasteiger partial charge in [-0.2, -0.15) is 4.98 Å². The predicted molar refractivity (Wildman–Crippen MR) is 123 cm³/mol. The molecule has 1 atom stereocenters. The second-order valence-corrected chi connectivity index (χ2v) is 8.69. The molecule has 0 aliphatic carbocycles. The molecule has 2 aromatic heterocycles. The molecule has 0 spiro atoms. The highest BCUT2D eigenvalue weighted by atomic mass is 16.5. The molecule has 33 heavy (non-hydrogen) atoms. The number of amides is 1. The van der Waals surface area contributed by atoms with Gasteiger partial charge in [0, 0.05) is 30.8 Å². The molecular formula is C24H23N5O4. The van der Waals surface area contributed by atoms with E-state index in [1.165, 1.54) is 4.57 Å². The highest BCUT2D eigenvalue weighted by Crippen LogP contribution is 2.32. The summed E-state index contributed by atoms with van der Waals surface area (Å²) in [5.74, 6) is 0.777. The third-order valence-corrected chi connectivity index (χ3v) is 5.76. The van der Waals surface area contributed by atoms with E-state index < -0.39 is 11.1 Å². The summed E-state index contributed by atoms with van der Waals surface area (Å²) in [6, 6.07) is 14.8. The molecule has 1 amide bonds. The van der Waals surface area contributed by atoms with E-state index in [0.717, 1.165) is 5.69 Å². The number of carbonyl (C=O) groups excluding carboxylic acids is 1. The number of nitrogens with one attached hydrogen (secondary N) is 1. The second-order valence-electron chi connectivity index (χ2n) is 8.69. The van der Waals surface area contributed by atoms with E-state index in [1.807, 2.05) is 44.2 Å². The number of hydrogen-bond donors (Lipinski definition) is 1. The largest absolute Gasteiger partial charge is 0.339 e. The van der Waals surface area contributed by atoms with Gasteiger partial charge in [-0.25, -0.2) is 0 Å². The van der Waals surface area contributed by atoms with Crippen LogP contribution in [0, 0.1) is 5.92 Å². The van der Waals surface area contributed by atoms with Crippen molar-refractivity contribution in [1.29, 1.82) is 0 Å². The molecule has 0 bridgehead atoms. The first kappa shape index (κ1) is 20.9. The molecule has 1 fully saturated rings. The fraction of sp³-hybridized carbons (Fsp3) is 0.292. The Balaban J connectivity index is 1.45. The van der Waals surface area contributed by atoms with Crippen molar-refractivity contribution in [3.05, 3.63) is 75.1 Å². The summed E-state index contributed by atoms with van der Waals surface area (Å²) in [5.41, 5.74) is 1.41. The van der Waals surface area contributed by atoms with E-state index >= 15 is 0 Å². The molecule has 9 nitrogen and oxygen atoms in total. The molecule has 0 unspecified atom stereocenters. The minimum Gasteiger partial charge on any atom is -0.339 e. The van der Waals surface area contributed by atoms with Crippen molar-refractivity contribution < 1.29 is 9.32 Å². The van der Waals surface area contributed by atoms with Gasteiger partial charge in [0.1, 0.15) is 0 Å². The summed E-state index contributed by atoms with van der Waals surface area (Å²) >= 11 is 0.